The normalized spacial score (nSPS) is 25.2. The molecule has 0 saturated carbocycles. The molecule has 2 aromatic carbocycles. The van der Waals surface area contributed by atoms with Crippen LogP contribution in [0.2, 0.25) is 5.02 Å². The van der Waals surface area contributed by atoms with Crippen molar-refractivity contribution in [2.24, 2.45) is 0 Å². The molecule has 2 atom stereocenters. The van der Waals surface area contributed by atoms with Gasteiger partial charge in [-0.05, 0) is 61.1 Å². The number of hydrogen-bond donors (Lipinski definition) is 1. The molecule has 2 aliphatic rings. The summed E-state index contributed by atoms with van der Waals surface area (Å²) < 4.78 is 54.4. The van der Waals surface area contributed by atoms with E-state index in [4.69, 9.17) is 11.6 Å². The van der Waals surface area contributed by atoms with E-state index in [1.807, 2.05) is 18.2 Å². The van der Waals surface area contributed by atoms with Crippen LogP contribution in [0.5, 0.6) is 0 Å². The molecule has 4 rings (SSSR count). The largest absolute Gasteiger partial charge is 0.240 e. The number of sulfonamides is 2. The Balaban J connectivity index is 1.53. The van der Waals surface area contributed by atoms with E-state index in [9.17, 15) is 16.8 Å². The first-order chi connectivity index (χ1) is 13.6. The number of piperidine rings is 1. The molecule has 0 spiro atoms. The van der Waals surface area contributed by atoms with Gasteiger partial charge in [0.15, 0.2) is 0 Å². The number of hydrogen-bond acceptors (Lipinski definition) is 4. The lowest BCUT2D eigenvalue weighted by molar-refractivity contribution is 0.221. The molecule has 2 heterocycles. The van der Waals surface area contributed by atoms with Gasteiger partial charge in [-0.25, -0.2) is 21.6 Å². The third-order valence-electron chi connectivity index (χ3n) is 5.69. The summed E-state index contributed by atoms with van der Waals surface area (Å²) in [6.07, 6.45) is 3.79. The summed E-state index contributed by atoms with van der Waals surface area (Å²) >= 11 is 5.93. The van der Waals surface area contributed by atoms with Crippen molar-refractivity contribution in [3.8, 4) is 11.1 Å². The second kappa shape index (κ2) is 7.67. The number of rotatable bonds is 5. The van der Waals surface area contributed by atoms with E-state index >= 15 is 0 Å². The van der Waals surface area contributed by atoms with Crippen LogP contribution in [0.1, 0.15) is 25.7 Å². The van der Waals surface area contributed by atoms with E-state index in [0.717, 1.165) is 24.0 Å². The van der Waals surface area contributed by atoms with Gasteiger partial charge >= 0.3 is 0 Å². The van der Waals surface area contributed by atoms with Crippen molar-refractivity contribution in [3.05, 3.63) is 53.6 Å². The number of nitrogens with zero attached hydrogens (tertiary/aromatic N) is 1. The van der Waals surface area contributed by atoms with Gasteiger partial charge in [-0.2, -0.15) is 4.31 Å². The lowest BCUT2D eigenvalue weighted by Gasteiger charge is -2.37. The average molecular weight is 455 g/mol. The summed E-state index contributed by atoms with van der Waals surface area (Å²) in [4.78, 5) is 0.197. The van der Waals surface area contributed by atoms with Crippen LogP contribution in [0.3, 0.4) is 0 Å². The molecule has 9 heteroatoms. The third kappa shape index (κ3) is 4.36. The van der Waals surface area contributed by atoms with Crippen LogP contribution in [-0.2, 0) is 20.0 Å². The van der Waals surface area contributed by atoms with Crippen molar-refractivity contribution in [2.75, 3.05) is 6.26 Å². The highest BCUT2D eigenvalue weighted by Gasteiger charge is 2.45. The van der Waals surface area contributed by atoms with Crippen molar-refractivity contribution in [3.63, 3.8) is 0 Å². The highest BCUT2D eigenvalue weighted by atomic mass is 35.5. The molecular weight excluding hydrogens is 432 g/mol. The van der Waals surface area contributed by atoms with Crippen molar-refractivity contribution in [1.29, 1.82) is 0 Å². The van der Waals surface area contributed by atoms with Crippen LogP contribution < -0.4 is 4.72 Å². The van der Waals surface area contributed by atoms with Gasteiger partial charge in [0.2, 0.25) is 20.0 Å². The van der Waals surface area contributed by atoms with Crippen LogP contribution in [0, 0.1) is 0 Å². The zero-order chi connectivity index (χ0) is 20.8. The van der Waals surface area contributed by atoms with Crippen molar-refractivity contribution < 1.29 is 16.8 Å². The number of fused-ring (bicyclic) bond motifs is 2. The first kappa shape index (κ1) is 20.8. The third-order valence-corrected chi connectivity index (χ3v) is 8.83. The average Bonchev–Trinajstić information content (AvgIpc) is 2.94. The van der Waals surface area contributed by atoms with E-state index in [-0.39, 0.29) is 23.0 Å². The monoisotopic (exact) mass is 454 g/mol. The van der Waals surface area contributed by atoms with Gasteiger partial charge in [-0.15, -0.1) is 0 Å². The Bertz CT molecular complexity index is 1100. The van der Waals surface area contributed by atoms with Gasteiger partial charge in [0.1, 0.15) is 0 Å². The van der Waals surface area contributed by atoms with E-state index < -0.39 is 20.0 Å². The summed E-state index contributed by atoms with van der Waals surface area (Å²) in [6, 6.07) is 13.5. The minimum absolute atomic E-state index is 0.128. The Hall–Kier alpha value is -1.45. The molecule has 1 N–H and O–H groups in total. The van der Waals surface area contributed by atoms with E-state index in [0.29, 0.717) is 17.9 Å². The molecule has 0 radical (unpaired) electrons. The molecule has 0 aliphatic carbocycles. The molecule has 0 aromatic heterocycles. The minimum atomic E-state index is -3.71. The second-order valence-corrected chi connectivity index (χ2v) is 11.8. The predicted molar refractivity (Wildman–Crippen MR) is 114 cm³/mol. The van der Waals surface area contributed by atoms with Gasteiger partial charge < -0.3 is 0 Å². The Kier molecular flexibility index (Phi) is 5.50. The summed E-state index contributed by atoms with van der Waals surface area (Å²) in [5.74, 6) is 0. The predicted octanol–water partition coefficient (Wildman–Crippen LogP) is 3.24. The van der Waals surface area contributed by atoms with E-state index in [1.165, 1.54) is 6.26 Å². The van der Waals surface area contributed by atoms with Crippen LogP contribution >= 0.6 is 11.6 Å². The lowest BCUT2D eigenvalue weighted by atomic mass is 10.0. The minimum Gasteiger partial charge on any atom is -0.212 e. The van der Waals surface area contributed by atoms with Gasteiger partial charge in [0.05, 0.1) is 11.2 Å². The molecule has 2 saturated heterocycles. The fourth-order valence-corrected chi connectivity index (χ4v) is 7.44. The summed E-state index contributed by atoms with van der Waals surface area (Å²) in [6.45, 7) is 0. The van der Waals surface area contributed by atoms with Gasteiger partial charge in [-0.1, -0.05) is 35.9 Å². The molecule has 2 aromatic rings. The first-order valence-corrected chi connectivity index (χ1v) is 13.2. The summed E-state index contributed by atoms with van der Waals surface area (Å²) in [5, 5.41) is 0.620. The standard InChI is InChI=1S/C20H23ClN2O4S2/c1-28(24,25)23-18-9-10-19(23)13-17(12-18)22-29(26,27)20-4-2-3-15(11-20)14-5-7-16(21)8-6-14/h2-8,11,17-19,22H,9-10,12-13H2,1H3. The van der Waals surface area contributed by atoms with E-state index in [1.54, 1.807) is 34.6 Å². The van der Waals surface area contributed by atoms with E-state index in [2.05, 4.69) is 4.72 Å². The Morgan fingerprint density at radius 1 is 0.931 bits per heavy atom. The maximum atomic E-state index is 13.0. The first-order valence-electron chi connectivity index (χ1n) is 9.50. The van der Waals surface area contributed by atoms with Gasteiger partial charge in [0, 0.05) is 23.1 Å². The van der Waals surface area contributed by atoms with Crippen LogP contribution in [0.25, 0.3) is 11.1 Å². The zero-order valence-corrected chi connectivity index (χ0v) is 18.3. The molecule has 2 bridgehead atoms. The molecule has 2 unspecified atom stereocenters. The number of benzene rings is 2. The van der Waals surface area contributed by atoms with Crippen LogP contribution in [-0.4, -0.2) is 45.5 Å². The number of nitrogens with one attached hydrogen (secondary N) is 1. The fourth-order valence-electron chi connectivity index (χ4n) is 4.54. The fraction of sp³-hybridized carbons (Fsp3) is 0.400. The Morgan fingerprint density at radius 3 is 2.14 bits per heavy atom. The summed E-state index contributed by atoms with van der Waals surface area (Å²) in [7, 11) is -6.99. The molecule has 156 valence electrons. The Morgan fingerprint density at radius 2 is 1.55 bits per heavy atom. The van der Waals surface area contributed by atoms with Crippen molar-refractivity contribution >= 4 is 31.6 Å². The zero-order valence-electron chi connectivity index (χ0n) is 16.0. The molecule has 6 nitrogen and oxygen atoms in total. The molecule has 2 aliphatic heterocycles. The highest BCUT2D eigenvalue weighted by molar-refractivity contribution is 7.89. The SMILES string of the molecule is CS(=O)(=O)N1C2CCC1CC(NS(=O)(=O)c1cccc(-c3ccc(Cl)cc3)c1)C2. The maximum Gasteiger partial charge on any atom is 0.240 e. The summed E-state index contributed by atoms with van der Waals surface area (Å²) in [5.41, 5.74) is 1.67. The van der Waals surface area contributed by atoms with Crippen LogP contribution in [0.4, 0.5) is 0 Å². The van der Waals surface area contributed by atoms with Gasteiger partial charge in [0.25, 0.3) is 0 Å². The number of halogens is 1. The smallest absolute Gasteiger partial charge is 0.212 e. The quantitative estimate of drug-likeness (QED) is 0.751. The van der Waals surface area contributed by atoms with Crippen molar-refractivity contribution in [1.82, 2.24) is 9.03 Å². The topological polar surface area (TPSA) is 83.6 Å². The lowest BCUT2D eigenvalue weighted by Crippen LogP contribution is -2.51. The molecule has 29 heavy (non-hydrogen) atoms. The maximum absolute atomic E-state index is 13.0. The molecule has 2 fully saturated rings. The van der Waals surface area contributed by atoms with Gasteiger partial charge in [-0.3, -0.25) is 0 Å². The van der Waals surface area contributed by atoms with Crippen molar-refractivity contribution in [2.45, 2.75) is 48.7 Å². The Labute approximate surface area is 177 Å². The van der Waals surface area contributed by atoms with Crippen LogP contribution in [0.15, 0.2) is 53.4 Å². The highest BCUT2D eigenvalue weighted by Crippen LogP contribution is 2.38. The molecular formula is C20H23ClN2O4S2. The second-order valence-electron chi connectivity index (χ2n) is 7.80. The molecule has 0 amide bonds.